The van der Waals surface area contributed by atoms with E-state index in [1.165, 1.54) is 0 Å². The highest BCUT2D eigenvalue weighted by Crippen LogP contribution is 2.18. The summed E-state index contributed by atoms with van der Waals surface area (Å²) in [6.45, 7) is 2.53. The summed E-state index contributed by atoms with van der Waals surface area (Å²) in [4.78, 5) is 12.1. The number of hydrogen-bond acceptors (Lipinski definition) is 4. The minimum Gasteiger partial charge on any atom is -0.350 e. The summed E-state index contributed by atoms with van der Waals surface area (Å²) in [5.41, 5.74) is 7.24. The number of nitrogens with one attached hydrogen (secondary N) is 1. The van der Waals surface area contributed by atoms with Crippen molar-refractivity contribution in [2.45, 2.75) is 32.2 Å². The lowest BCUT2D eigenvalue weighted by Crippen LogP contribution is -2.40. The number of unbranched alkanes of at least 4 members (excludes halogenated alkanes) is 1. The molecule has 1 atom stereocenters. The molecule has 3 N–H and O–H groups in total. The van der Waals surface area contributed by atoms with Crippen molar-refractivity contribution in [3.05, 3.63) is 42.2 Å². The second kappa shape index (κ2) is 9.23. The molecule has 0 spiro atoms. The summed E-state index contributed by atoms with van der Waals surface area (Å²) in [5, 5.41) is 6.82. The number of hydrogen-bond donors (Lipinski definition) is 2. The van der Waals surface area contributed by atoms with Gasteiger partial charge in [-0.15, -0.1) is 12.4 Å². The maximum absolute atomic E-state index is 12.1. The Balaban J connectivity index is 0.00000242. The summed E-state index contributed by atoms with van der Waals surface area (Å²) in [6.07, 6.45) is 2.99. The number of nitrogens with zero attached hydrogens (tertiary/aromatic N) is 1. The Morgan fingerprint density at radius 1 is 1.36 bits per heavy atom. The van der Waals surface area contributed by atoms with Crippen molar-refractivity contribution in [1.29, 1.82) is 0 Å². The Kier molecular flexibility index (Phi) is 7.63. The van der Waals surface area contributed by atoms with E-state index in [4.69, 9.17) is 10.3 Å². The zero-order valence-corrected chi connectivity index (χ0v) is 13.4. The number of rotatable bonds is 7. The van der Waals surface area contributed by atoms with Crippen LogP contribution in [0.4, 0.5) is 0 Å². The van der Waals surface area contributed by atoms with Gasteiger partial charge in [0, 0.05) is 24.2 Å². The van der Waals surface area contributed by atoms with Gasteiger partial charge >= 0.3 is 0 Å². The first kappa shape index (κ1) is 18.2. The molecule has 6 heteroatoms. The van der Waals surface area contributed by atoms with Gasteiger partial charge in [0.15, 0.2) is 0 Å². The molecule has 0 radical (unpaired) electrons. The van der Waals surface area contributed by atoms with Gasteiger partial charge in [0.05, 0.1) is 0 Å². The maximum atomic E-state index is 12.1. The normalized spacial score (nSPS) is 11.5. The molecule has 0 aliphatic heterocycles. The zero-order valence-electron chi connectivity index (χ0n) is 12.6. The van der Waals surface area contributed by atoms with Crippen molar-refractivity contribution in [1.82, 2.24) is 10.5 Å². The van der Waals surface area contributed by atoms with Crippen LogP contribution in [0.15, 0.2) is 40.9 Å². The van der Waals surface area contributed by atoms with Crippen LogP contribution in [0, 0.1) is 0 Å². The smallest absolute Gasteiger partial charge is 0.290 e. The van der Waals surface area contributed by atoms with Crippen molar-refractivity contribution in [2.24, 2.45) is 5.73 Å². The van der Waals surface area contributed by atoms with E-state index in [0.717, 1.165) is 24.8 Å². The van der Waals surface area contributed by atoms with Gasteiger partial charge in [0.1, 0.15) is 5.69 Å². The van der Waals surface area contributed by atoms with Crippen LogP contribution in [0.25, 0.3) is 11.3 Å². The van der Waals surface area contributed by atoms with Crippen LogP contribution in [-0.2, 0) is 0 Å². The molecule has 2 aromatic rings. The highest BCUT2D eigenvalue weighted by Gasteiger charge is 2.17. The van der Waals surface area contributed by atoms with Crippen molar-refractivity contribution in [3.8, 4) is 11.3 Å². The Morgan fingerprint density at radius 2 is 2.09 bits per heavy atom. The lowest BCUT2D eigenvalue weighted by atomic mass is 10.1. The summed E-state index contributed by atoms with van der Waals surface area (Å²) < 4.78 is 5.13. The number of aromatic nitrogens is 1. The minimum atomic E-state index is -0.267. The number of carbonyl (C=O) groups excluding carboxylic acids is 1. The van der Waals surface area contributed by atoms with Crippen LogP contribution >= 0.6 is 12.4 Å². The Bertz CT molecular complexity index is 572. The van der Waals surface area contributed by atoms with Crippen LogP contribution in [0.3, 0.4) is 0 Å². The summed E-state index contributed by atoms with van der Waals surface area (Å²) in [7, 11) is 0. The first-order chi connectivity index (χ1) is 10.2. The summed E-state index contributed by atoms with van der Waals surface area (Å²) in [5.74, 6) is -0.0555. The molecule has 0 saturated heterocycles. The molecule has 1 aromatic heterocycles. The van der Waals surface area contributed by atoms with Crippen LogP contribution in [0.2, 0.25) is 0 Å². The molecule has 5 nitrogen and oxygen atoms in total. The van der Waals surface area contributed by atoms with Gasteiger partial charge in [-0.05, 0) is 6.42 Å². The van der Waals surface area contributed by atoms with Crippen molar-refractivity contribution >= 4 is 18.3 Å². The number of nitrogens with two attached hydrogens (primary N) is 1. The Hall–Kier alpha value is -1.85. The van der Waals surface area contributed by atoms with Crippen molar-refractivity contribution in [3.63, 3.8) is 0 Å². The van der Waals surface area contributed by atoms with Crippen LogP contribution in [0.5, 0.6) is 0 Å². The predicted molar refractivity (Wildman–Crippen MR) is 89.0 cm³/mol. The first-order valence-electron chi connectivity index (χ1n) is 7.27. The highest BCUT2D eigenvalue weighted by molar-refractivity contribution is 5.92. The van der Waals surface area contributed by atoms with Crippen LogP contribution in [0.1, 0.15) is 36.7 Å². The third-order valence-electron chi connectivity index (χ3n) is 3.33. The summed E-state index contributed by atoms with van der Waals surface area (Å²) in [6, 6.07) is 11.2. The van der Waals surface area contributed by atoms with E-state index in [2.05, 4.69) is 17.4 Å². The second-order valence-corrected chi connectivity index (χ2v) is 4.99. The quantitative estimate of drug-likeness (QED) is 0.820. The molecule has 1 unspecified atom stereocenters. The van der Waals surface area contributed by atoms with E-state index in [9.17, 15) is 4.79 Å². The molecule has 0 aliphatic carbocycles. The number of carbonyl (C=O) groups is 1. The van der Waals surface area contributed by atoms with Gasteiger partial charge in [-0.1, -0.05) is 55.3 Å². The van der Waals surface area contributed by atoms with Crippen molar-refractivity contribution < 1.29 is 9.32 Å². The average molecular weight is 324 g/mol. The number of benzene rings is 1. The molecule has 2 rings (SSSR count). The number of amides is 1. The average Bonchev–Trinajstić information content (AvgIpc) is 3.02. The molecule has 120 valence electrons. The van der Waals surface area contributed by atoms with E-state index in [1.807, 2.05) is 30.3 Å². The van der Waals surface area contributed by atoms with E-state index >= 15 is 0 Å². The fourth-order valence-corrected chi connectivity index (χ4v) is 2.08. The molecule has 22 heavy (non-hydrogen) atoms. The van der Waals surface area contributed by atoms with Gasteiger partial charge in [-0.3, -0.25) is 4.79 Å². The largest absolute Gasteiger partial charge is 0.350 e. The fraction of sp³-hybridized carbons (Fsp3) is 0.375. The highest BCUT2D eigenvalue weighted by atomic mass is 35.5. The van der Waals surface area contributed by atoms with E-state index in [-0.39, 0.29) is 30.1 Å². The first-order valence-corrected chi connectivity index (χ1v) is 7.27. The predicted octanol–water partition coefficient (Wildman–Crippen LogP) is 3.01. The fourth-order valence-electron chi connectivity index (χ4n) is 2.08. The Morgan fingerprint density at radius 3 is 2.73 bits per heavy atom. The molecule has 0 aliphatic rings. The van der Waals surface area contributed by atoms with Crippen molar-refractivity contribution in [2.75, 3.05) is 6.54 Å². The van der Waals surface area contributed by atoms with E-state index < -0.39 is 0 Å². The molecule has 1 heterocycles. The standard InChI is InChI=1S/C16H21N3O2.ClH/c1-2-3-9-13(11-17)18-16(20)15-10-14(19-21-15)12-7-5-4-6-8-12;/h4-8,10,13H,2-3,9,11,17H2,1H3,(H,18,20);1H. The van der Waals surface area contributed by atoms with Gasteiger partial charge in [-0.2, -0.15) is 0 Å². The lowest BCUT2D eigenvalue weighted by Gasteiger charge is -2.14. The Labute approximate surface area is 136 Å². The third-order valence-corrected chi connectivity index (χ3v) is 3.33. The topological polar surface area (TPSA) is 81.1 Å². The third kappa shape index (κ3) is 4.86. The number of halogens is 1. The molecule has 1 amide bonds. The van der Waals surface area contributed by atoms with Gasteiger partial charge < -0.3 is 15.6 Å². The minimum absolute atomic E-state index is 0. The second-order valence-electron chi connectivity index (χ2n) is 4.99. The van der Waals surface area contributed by atoms with E-state index in [1.54, 1.807) is 6.07 Å². The molecule has 1 aromatic carbocycles. The van der Waals surface area contributed by atoms with Gasteiger partial charge in [0.25, 0.3) is 5.91 Å². The zero-order chi connectivity index (χ0) is 15.1. The van der Waals surface area contributed by atoms with E-state index in [0.29, 0.717) is 12.2 Å². The molecular formula is C16H22ClN3O2. The summed E-state index contributed by atoms with van der Waals surface area (Å²) >= 11 is 0. The van der Waals surface area contributed by atoms with Gasteiger partial charge in [0.2, 0.25) is 5.76 Å². The molecule has 0 fully saturated rings. The SMILES string of the molecule is CCCCC(CN)NC(=O)c1cc(-c2ccccc2)no1.Cl. The van der Waals surface area contributed by atoms with Crippen LogP contribution < -0.4 is 11.1 Å². The maximum Gasteiger partial charge on any atom is 0.290 e. The van der Waals surface area contributed by atoms with Gasteiger partial charge in [-0.25, -0.2) is 0 Å². The molecule has 0 bridgehead atoms. The molecular weight excluding hydrogens is 302 g/mol. The monoisotopic (exact) mass is 323 g/mol. The molecule has 0 saturated carbocycles. The lowest BCUT2D eigenvalue weighted by molar-refractivity contribution is 0.0898. The van der Waals surface area contributed by atoms with Crippen LogP contribution in [-0.4, -0.2) is 23.7 Å².